The summed E-state index contributed by atoms with van der Waals surface area (Å²) in [6.45, 7) is 12.6. The second-order valence-corrected chi connectivity index (χ2v) is 7.32. The summed E-state index contributed by atoms with van der Waals surface area (Å²) in [5.41, 5.74) is 1.13. The Morgan fingerprint density at radius 3 is 1.93 bits per heavy atom. The molecule has 0 aromatic carbocycles. The van der Waals surface area contributed by atoms with Gasteiger partial charge in [0.1, 0.15) is 0 Å². The van der Waals surface area contributed by atoms with Crippen molar-refractivity contribution in [2.24, 2.45) is 4.99 Å². The average Bonchev–Trinajstić information content (AvgIpc) is 2.17. The van der Waals surface area contributed by atoms with E-state index in [0.29, 0.717) is 0 Å². The molecular formula is C11H25NO2Si. The number of hydrogen-bond acceptors (Lipinski definition) is 3. The Balaban J connectivity index is 4.26. The van der Waals surface area contributed by atoms with Crippen LogP contribution in [0, 0.1) is 0 Å². The summed E-state index contributed by atoms with van der Waals surface area (Å²) in [4.78, 5) is 4.41. The van der Waals surface area contributed by atoms with Crippen LogP contribution in [-0.2, 0) is 8.85 Å². The van der Waals surface area contributed by atoms with Gasteiger partial charge in [0.15, 0.2) is 0 Å². The van der Waals surface area contributed by atoms with Crippen LogP contribution in [0.25, 0.3) is 0 Å². The molecule has 90 valence electrons. The van der Waals surface area contributed by atoms with E-state index in [1.807, 2.05) is 27.7 Å². The molecule has 3 nitrogen and oxygen atoms in total. The molecule has 0 N–H and O–H groups in total. The standard InChI is InChI=1S/C11H25NO2Si/c1-6-13-15(8-3,14-7-2)10-9-12-11(4)5/h6-10H2,1-5H3. The Morgan fingerprint density at radius 2 is 1.60 bits per heavy atom. The van der Waals surface area contributed by atoms with Crippen molar-refractivity contribution in [1.82, 2.24) is 0 Å². The van der Waals surface area contributed by atoms with Crippen molar-refractivity contribution in [2.45, 2.75) is 46.7 Å². The Kier molecular flexibility index (Phi) is 7.91. The maximum absolute atomic E-state index is 5.85. The molecular weight excluding hydrogens is 206 g/mol. The Morgan fingerprint density at radius 1 is 1.07 bits per heavy atom. The van der Waals surface area contributed by atoms with Gasteiger partial charge in [-0.1, -0.05) is 6.92 Å². The third kappa shape index (κ3) is 6.07. The molecule has 0 saturated carbocycles. The van der Waals surface area contributed by atoms with Gasteiger partial charge >= 0.3 is 8.56 Å². The molecule has 0 atom stereocenters. The van der Waals surface area contributed by atoms with E-state index in [9.17, 15) is 0 Å². The molecule has 15 heavy (non-hydrogen) atoms. The van der Waals surface area contributed by atoms with Crippen molar-refractivity contribution in [2.75, 3.05) is 19.8 Å². The number of nitrogens with zero attached hydrogens (tertiary/aromatic N) is 1. The van der Waals surface area contributed by atoms with Gasteiger partial charge in [-0.15, -0.1) is 0 Å². The molecule has 4 heteroatoms. The van der Waals surface area contributed by atoms with Crippen LogP contribution >= 0.6 is 0 Å². The van der Waals surface area contributed by atoms with Crippen LogP contribution in [0.2, 0.25) is 12.1 Å². The first-order valence-electron chi connectivity index (χ1n) is 5.85. The fourth-order valence-corrected chi connectivity index (χ4v) is 4.18. The van der Waals surface area contributed by atoms with Crippen LogP contribution < -0.4 is 0 Å². The van der Waals surface area contributed by atoms with E-state index in [4.69, 9.17) is 8.85 Å². The van der Waals surface area contributed by atoms with E-state index in [1.54, 1.807) is 0 Å². The molecule has 0 aromatic rings. The molecule has 0 radical (unpaired) electrons. The molecule has 0 rings (SSSR count). The monoisotopic (exact) mass is 231 g/mol. The predicted octanol–water partition coefficient (Wildman–Crippen LogP) is 3.00. The second kappa shape index (κ2) is 8.02. The van der Waals surface area contributed by atoms with Crippen molar-refractivity contribution >= 4 is 14.3 Å². The van der Waals surface area contributed by atoms with E-state index >= 15 is 0 Å². The smallest absolute Gasteiger partial charge is 0.339 e. The van der Waals surface area contributed by atoms with Gasteiger partial charge in [-0.25, -0.2) is 0 Å². The molecule has 0 fully saturated rings. The number of aliphatic imine (C=N–C) groups is 1. The minimum absolute atomic E-state index is 0.745. The SMILES string of the molecule is CCO[Si](CC)(CCN=C(C)C)OCC. The van der Waals surface area contributed by atoms with Crippen LogP contribution in [0.3, 0.4) is 0 Å². The van der Waals surface area contributed by atoms with Gasteiger partial charge in [-0.3, -0.25) is 4.99 Å². The quantitative estimate of drug-likeness (QED) is 0.475. The van der Waals surface area contributed by atoms with Gasteiger partial charge in [0.05, 0.1) is 0 Å². The van der Waals surface area contributed by atoms with Crippen molar-refractivity contribution in [3.8, 4) is 0 Å². The lowest BCUT2D eigenvalue weighted by Crippen LogP contribution is -2.42. The maximum atomic E-state index is 5.85. The van der Waals surface area contributed by atoms with Crippen LogP contribution in [0.5, 0.6) is 0 Å². The molecule has 0 aliphatic heterocycles. The highest BCUT2D eigenvalue weighted by atomic mass is 28.4. The van der Waals surface area contributed by atoms with E-state index in [1.165, 1.54) is 0 Å². The zero-order chi connectivity index (χ0) is 11.7. The number of hydrogen-bond donors (Lipinski definition) is 0. The molecule has 0 bridgehead atoms. The van der Waals surface area contributed by atoms with E-state index in [2.05, 4.69) is 11.9 Å². The Bertz CT molecular complexity index is 185. The summed E-state index contributed by atoms with van der Waals surface area (Å²) in [6.07, 6.45) is 0. The predicted molar refractivity (Wildman–Crippen MR) is 67.9 cm³/mol. The molecule has 0 saturated heterocycles. The third-order valence-corrected chi connectivity index (χ3v) is 5.97. The van der Waals surface area contributed by atoms with Crippen molar-refractivity contribution in [3.05, 3.63) is 0 Å². The van der Waals surface area contributed by atoms with Gasteiger partial charge < -0.3 is 8.85 Å². The summed E-state index contributed by atoms with van der Waals surface area (Å²) in [5, 5.41) is 0. The van der Waals surface area contributed by atoms with Gasteiger partial charge in [-0.2, -0.15) is 0 Å². The highest BCUT2D eigenvalue weighted by Gasteiger charge is 2.34. The summed E-state index contributed by atoms with van der Waals surface area (Å²) in [7, 11) is -1.94. The normalized spacial score (nSPS) is 11.5. The van der Waals surface area contributed by atoms with Crippen LogP contribution in [-0.4, -0.2) is 34.0 Å². The molecule has 0 amide bonds. The maximum Gasteiger partial charge on any atom is 0.339 e. The molecule has 0 unspecified atom stereocenters. The van der Waals surface area contributed by atoms with Crippen molar-refractivity contribution < 1.29 is 8.85 Å². The van der Waals surface area contributed by atoms with Crippen LogP contribution in [0.1, 0.15) is 34.6 Å². The molecule has 0 aliphatic rings. The molecule has 0 aromatic heterocycles. The second-order valence-electron chi connectivity index (χ2n) is 3.71. The van der Waals surface area contributed by atoms with Crippen molar-refractivity contribution in [1.29, 1.82) is 0 Å². The highest BCUT2D eigenvalue weighted by Crippen LogP contribution is 2.18. The molecule has 0 spiro atoms. The lowest BCUT2D eigenvalue weighted by atomic mass is 10.5. The van der Waals surface area contributed by atoms with E-state index < -0.39 is 8.56 Å². The third-order valence-electron chi connectivity index (χ3n) is 2.27. The summed E-state index contributed by atoms with van der Waals surface area (Å²) in [5.74, 6) is 0. The highest BCUT2D eigenvalue weighted by molar-refractivity contribution is 6.67. The van der Waals surface area contributed by atoms with Crippen LogP contribution in [0.15, 0.2) is 4.99 Å². The zero-order valence-corrected chi connectivity index (χ0v) is 11.8. The fourth-order valence-electron chi connectivity index (χ4n) is 1.54. The van der Waals surface area contributed by atoms with Crippen LogP contribution in [0.4, 0.5) is 0 Å². The summed E-state index contributed by atoms with van der Waals surface area (Å²) in [6, 6.07) is 1.98. The Labute approximate surface area is 95.1 Å². The minimum atomic E-state index is -1.94. The first-order chi connectivity index (χ1) is 7.10. The lowest BCUT2D eigenvalue weighted by Gasteiger charge is -2.28. The number of rotatable bonds is 8. The first kappa shape index (κ1) is 14.8. The molecule has 0 heterocycles. The van der Waals surface area contributed by atoms with Gasteiger partial charge in [0, 0.05) is 31.5 Å². The van der Waals surface area contributed by atoms with E-state index in [0.717, 1.165) is 37.6 Å². The first-order valence-corrected chi connectivity index (χ1v) is 8.08. The summed E-state index contributed by atoms with van der Waals surface area (Å²) >= 11 is 0. The van der Waals surface area contributed by atoms with Gasteiger partial charge in [-0.05, 0) is 33.7 Å². The minimum Gasteiger partial charge on any atom is -0.394 e. The summed E-state index contributed by atoms with van der Waals surface area (Å²) < 4.78 is 11.7. The Hall–Kier alpha value is -0.193. The molecule has 0 aliphatic carbocycles. The van der Waals surface area contributed by atoms with Crippen molar-refractivity contribution in [3.63, 3.8) is 0 Å². The average molecular weight is 231 g/mol. The van der Waals surface area contributed by atoms with Gasteiger partial charge in [0.25, 0.3) is 0 Å². The lowest BCUT2D eigenvalue weighted by molar-refractivity contribution is 0.184. The van der Waals surface area contributed by atoms with E-state index in [-0.39, 0.29) is 0 Å². The largest absolute Gasteiger partial charge is 0.394 e. The topological polar surface area (TPSA) is 30.8 Å². The fraction of sp³-hybridized carbons (Fsp3) is 0.909. The van der Waals surface area contributed by atoms with Gasteiger partial charge in [0.2, 0.25) is 0 Å². The zero-order valence-electron chi connectivity index (χ0n) is 10.8.